The van der Waals surface area contributed by atoms with Crippen molar-refractivity contribution >= 4 is 19.2 Å². The number of hydrogen-bond donors (Lipinski definition) is 0. The minimum atomic E-state index is -3.48. The summed E-state index contributed by atoms with van der Waals surface area (Å²) >= 11 is -3.48. The van der Waals surface area contributed by atoms with Crippen LogP contribution >= 0.6 is 0 Å². The minimum absolute atomic E-state index is 1.07. The molecule has 0 unspecified atom stereocenters. The van der Waals surface area contributed by atoms with Crippen LogP contribution in [-0.2, 0) is 12.8 Å². The Morgan fingerprint density at radius 2 is 0.970 bits per heavy atom. The maximum atomic E-state index is 7.22. The second-order valence-electron chi connectivity index (χ2n) is 9.79. The van der Waals surface area contributed by atoms with Crippen molar-refractivity contribution in [1.82, 2.24) is 0 Å². The molecule has 33 heavy (non-hydrogen) atoms. The van der Waals surface area contributed by atoms with Crippen LogP contribution in [0.15, 0.2) is 24.3 Å². The van der Waals surface area contributed by atoms with Gasteiger partial charge in [-0.25, -0.2) is 0 Å². The summed E-state index contributed by atoms with van der Waals surface area (Å²) in [4.78, 5) is 0. The van der Waals surface area contributed by atoms with Crippen molar-refractivity contribution in [3.63, 3.8) is 0 Å². The average molecular weight is 559 g/mol. The topological polar surface area (TPSA) is 18.5 Å². The molecule has 2 nitrogen and oxygen atoms in total. The van der Waals surface area contributed by atoms with Crippen molar-refractivity contribution in [2.24, 2.45) is 0 Å². The van der Waals surface area contributed by atoms with Crippen molar-refractivity contribution in [2.75, 3.05) is 0 Å². The Morgan fingerprint density at radius 3 is 1.30 bits per heavy atom. The van der Waals surface area contributed by atoms with Crippen LogP contribution < -0.4 is 6.15 Å². The zero-order chi connectivity index (χ0) is 24.4. The molecule has 0 aliphatic rings. The molecule has 184 valence electrons. The Hall–Kier alpha value is -1.16. The molecule has 0 saturated heterocycles. The van der Waals surface area contributed by atoms with Gasteiger partial charge in [0.2, 0.25) is 0 Å². The van der Waals surface area contributed by atoms with Crippen LogP contribution in [0.2, 0.25) is 8.87 Å². The van der Waals surface area contributed by atoms with Crippen LogP contribution in [0.4, 0.5) is 0 Å². The van der Waals surface area contributed by atoms with E-state index in [1.807, 2.05) is 0 Å². The first-order chi connectivity index (χ1) is 15.8. The van der Waals surface area contributed by atoms with Crippen molar-refractivity contribution in [3.8, 4) is 11.5 Å². The van der Waals surface area contributed by atoms with Gasteiger partial charge in [0.1, 0.15) is 0 Å². The molecule has 0 saturated carbocycles. The average Bonchev–Trinajstić information content (AvgIpc) is 2.80. The van der Waals surface area contributed by atoms with Crippen LogP contribution in [0.25, 0.3) is 0 Å². The van der Waals surface area contributed by atoms with E-state index in [4.69, 9.17) is 6.15 Å². The predicted molar refractivity (Wildman–Crippen MR) is 146 cm³/mol. The Bertz CT molecular complexity index is 814. The van der Waals surface area contributed by atoms with E-state index in [0.717, 1.165) is 46.1 Å². The summed E-state index contributed by atoms with van der Waals surface area (Å²) in [5.74, 6) is 2.20. The summed E-state index contributed by atoms with van der Waals surface area (Å²) in [6.07, 6.45) is 9.12. The Balaban J connectivity index is 2.59. The standard InChI is InChI=1S/2C11H16O.2C4H9.Sn/c2*1-4-5-10-9(3)8(2)6-7-11(10)12;2*1-3-4-2;/h2*6-7,12H,4-5H2,1-3H3;2*1,3-4H2,2H3;/q;;;;+2/p-2. The first kappa shape index (κ1) is 28.1. The zero-order valence-electron chi connectivity index (χ0n) is 22.7. The molecule has 0 radical (unpaired) electrons. The third-order valence-electron chi connectivity index (χ3n) is 7.07. The SMILES string of the molecule is CCC[CH2][Sn]([CH2]CCC)([O]c1ccc(C)c(C)c1CCC)[O]c1ccc(C)c(C)c1CCC. The third kappa shape index (κ3) is 7.41. The van der Waals surface area contributed by atoms with Gasteiger partial charge in [0.15, 0.2) is 0 Å². The van der Waals surface area contributed by atoms with Gasteiger partial charge in [0, 0.05) is 0 Å². The molecule has 2 aromatic carbocycles. The molecule has 0 N–H and O–H groups in total. The molecule has 2 rings (SSSR count). The van der Waals surface area contributed by atoms with Gasteiger partial charge < -0.3 is 0 Å². The van der Waals surface area contributed by atoms with Gasteiger partial charge in [-0.1, -0.05) is 0 Å². The predicted octanol–water partition coefficient (Wildman–Crippen LogP) is 9.33. The van der Waals surface area contributed by atoms with E-state index in [1.165, 1.54) is 59.1 Å². The monoisotopic (exact) mass is 560 g/mol. The van der Waals surface area contributed by atoms with Gasteiger partial charge in [-0.05, 0) is 0 Å². The van der Waals surface area contributed by atoms with Crippen LogP contribution in [0.3, 0.4) is 0 Å². The fourth-order valence-corrected chi connectivity index (χ4v) is 15.1. The maximum absolute atomic E-state index is 7.22. The van der Waals surface area contributed by atoms with E-state index >= 15 is 0 Å². The fraction of sp³-hybridized carbons (Fsp3) is 0.600. The Morgan fingerprint density at radius 1 is 0.576 bits per heavy atom. The molecule has 0 fully saturated rings. The van der Waals surface area contributed by atoms with Crippen LogP contribution in [0, 0.1) is 27.7 Å². The zero-order valence-corrected chi connectivity index (χ0v) is 25.6. The van der Waals surface area contributed by atoms with Crippen molar-refractivity contribution < 1.29 is 6.15 Å². The van der Waals surface area contributed by atoms with Crippen molar-refractivity contribution in [1.29, 1.82) is 0 Å². The summed E-state index contributed by atoms with van der Waals surface area (Å²) in [7, 11) is 0. The Kier molecular flexibility index (Phi) is 11.6. The summed E-state index contributed by atoms with van der Waals surface area (Å²) in [6.45, 7) is 18.0. The number of rotatable bonds is 14. The number of hydrogen-bond acceptors (Lipinski definition) is 2. The number of unbranched alkanes of at least 4 members (excludes halogenated alkanes) is 2. The Labute approximate surface area is 209 Å². The molecule has 0 aliphatic carbocycles. The van der Waals surface area contributed by atoms with E-state index in [0.29, 0.717) is 0 Å². The molecular formula is C30H48O2Sn. The van der Waals surface area contributed by atoms with Gasteiger partial charge in [-0.2, -0.15) is 0 Å². The number of benzene rings is 2. The summed E-state index contributed by atoms with van der Waals surface area (Å²) in [5, 5.41) is 0. The van der Waals surface area contributed by atoms with Gasteiger partial charge in [0.05, 0.1) is 0 Å². The van der Waals surface area contributed by atoms with E-state index in [9.17, 15) is 0 Å². The molecule has 2 aromatic rings. The quantitative estimate of drug-likeness (QED) is 0.215. The normalized spacial score (nSPS) is 11.6. The molecule has 0 aromatic heterocycles. The second kappa shape index (κ2) is 13.7. The fourth-order valence-electron chi connectivity index (χ4n) is 4.65. The molecular weight excluding hydrogens is 511 g/mol. The number of aryl methyl sites for hydroxylation is 2. The van der Waals surface area contributed by atoms with Gasteiger partial charge in [-0.15, -0.1) is 0 Å². The summed E-state index contributed by atoms with van der Waals surface area (Å²) in [6, 6.07) is 8.93. The first-order valence-corrected chi connectivity index (χ1v) is 19.7. The van der Waals surface area contributed by atoms with Crippen LogP contribution in [-0.4, -0.2) is 19.2 Å². The molecule has 0 aliphatic heterocycles. The molecule has 3 heteroatoms. The van der Waals surface area contributed by atoms with Crippen molar-refractivity contribution in [2.45, 2.75) is 116 Å². The van der Waals surface area contributed by atoms with E-state index in [1.54, 1.807) is 0 Å². The van der Waals surface area contributed by atoms with Gasteiger partial charge >= 0.3 is 210 Å². The molecule has 0 bridgehead atoms. The van der Waals surface area contributed by atoms with Gasteiger partial charge in [-0.3, -0.25) is 0 Å². The first-order valence-electron chi connectivity index (χ1n) is 13.4. The van der Waals surface area contributed by atoms with Crippen molar-refractivity contribution in [3.05, 3.63) is 57.6 Å². The van der Waals surface area contributed by atoms with E-state index in [-0.39, 0.29) is 0 Å². The second-order valence-corrected chi connectivity index (χ2v) is 19.0. The summed E-state index contributed by atoms with van der Waals surface area (Å²) < 4.78 is 16.7. The molecule has 0 heterocycles. The van der Waals surface area contributed by atoms with Crippen LogP contribution in [0.1, 0.15) is 99.6 Å². The summed E-state index contributed by atoms with van der Waals surface area (Å²) in [5.41, 5.74) is 8.27. The molecule has 0 atom stereocenters. The van der Waals surface area contributed by atoms with E-state index in [2.05, 4.69) is 79.7 Å². The molecule has 0 spiro atoms. The third-order valence-corrected chi connectivity index (χ3v) is 16.8. The van der Waals surface area contributed by atoms with Gasteiger partial charge in [0.25, 0.3) is 0 Å². The van der Waals surface area contributed by atoms with Crippen LogP contribution in [0.5, 0.6) is 11.5 Å². The molecule has 0 amide bonds. The van der Waals surface area contributed by atoms with E-state index < -0.39 is 19.2 Å².